The lowest BCUT2D eigenvalue weighted by Gasteiger charge is -2.32. The Kier molecular flexibility index (Phi) is 6.08. The van der Waals surface area contributed by atoms with Crippen LogP contribution in [-0.4, -0.2) is 37.0 Å². The first-order chi connectivity index (χ1) is 11.1. The lowest BCUT2D eigenvalue weighted by atomic mass is 9.95. The van der Waals surface area contributed by atoms with E-state index in [2.05, 4.69) is 12.1 Å². The van der Waals surface area contributed by atoms with Crippen molar-refractivity contribution >= 4 is 29.1 Å². The average Bonchev–Trinajstić information content (AvgIpc) is 2.60. The second kappa shape index (κ2) is 7.86. The van der Waals surface area contributed by atoms with Crippen LogP contribution < -0.4 is 10.5 Å². The number of carbonyl (C=O) groups excluding carboxylic acids is 1. The Morgan fingerprint density at radius 2 is 1.79 bits per heavy atom. The van der Waals surface area contributed by atoms with Crippen molar-refractivity contribution in [3.8, 4) is 5.75 Å². The van der Waals surface area contributed by atoms with Crippen LogP contribution in [0.2, 0.25) is 0 Å². The summed E-state index contributed by atoms with van der Waals surface area (Å²) in [6.45, 7) is 3.53. The number of benzene rings is 2. The van der Waals surface area contributed by atoms with E-state index >= 15 is 0 Å². The zero-order chi connectivity index (χ0) is 16.4. The molecule has 0 saturated carbocycles. The van der Waals surface area contributed by atoms with Crippen molar-refractivity contribution in [1.29, 1.82) is 0 Å². The maximum Gasteiger partial charge on any atom is 0.229 e. The number of likely N-dealkylation sites (tertiary alicyclic amines) is 1. The fraction of sp³-hybridized carbons (Fsp3) is 0.421. The Morgan fingerprint density at radius 3 is 2.46 bits per heavy atom. The monoisotopic (exact) mass is 348 g/mol. The fourth-order valence-electron chi connectivity index (χ4n) is 3.17. The van der Waals surface area contributed by atoms with E-state index in [4.69, 9.17) is 10.5 Å². The third kappa shape index (κ3) is 3.82. The lowest BCUT2D eigenvalue weighted by molar-refractivity contribution is -0.133. The van der Waals surface area contributed by atoms with Crippen LogP contribution in [0.4, 0.5) is 0 Å². The van der Waals surface area contributed by atoms with Crippen molar-refractivity contribution < 1.29 is 9.53 Å². The SMILES string of the molecule is COc1ccc2cc(C(C)C(=O)N3CCC(N)CC3)ccc2c1.Cl. The normalized spacial score (nSPS) is 16.5. The van der Waals surface area contributed by atoms with Crippen molar-refractivity contribution in [2.45, 2.75) is 31.7 Å². The topological polar surface area (TPSA) is 55.6 Å². The number of rotatable bonds is 3. The van der Waals surface area contributed by atoms with Gasteiger partial charge in [0.2, 0.25) is 5.91 Å². The van der Waals surface area contributed by atoms with Crippen molar-refractivity contribution in [3.63, 3.8) is 0 Å². The first-order valence-corrected chi connectivity index (χ1v) is 8.20. The molecule has 0 radical (unpaired) electrons. The number of methoxy groups -OCH3 is 1. The predicted octanol–water partition coefficient (Wildman–Crippen LogP) is 3.32. The molecule has 2 aromatic carbocycles. The highest BCUT2D eigenvalue weighted by atomic mass is 35.5. The van der Waals surface area contributed by atoms with Crippen molar-refractivity contribution in [1.82, 2.24) is 4.90 Å². The smallest absolute Gasteiger partial charge is 0.229 e. The molecule has 1 aliphatic heterocycles. The molecule has 24 heavy (non-hydrogen) atoms. The minimum absolute atomic E-state index is 0. The highest BCUT2D eigenvalue weighted by Gasteiger charge is 2.25. The van der Waals surface area contributed by atoms with Gasteiger partial charge in [0.15, 0.2) is 0 Å². The molecule has 1 unspecified atom stereocenters. The van der Waals surface area contributed by atoms with E-state index in [9.17, 15) is 4.79 Å². The first kappa shape index (κ1) is 18.6. The molecule has 1 saturated heterocycles. The molecule has 1 amide bonds. The highest BCUT2D eigenvalue weighted by molar-refractivity contribution is 5.88. The average molecular weight is 349 g/mol. The Balaban J connectivity index is 0.00000208. The number of fused-ring (bicyclic) bond motifs is 1. The van der Waals surface area contributed by atoms with Gasteiger partial charge in [0.05, 0.1) is 13.0 Å². The van der Waals surface area contributed by atoms with Gasteiger partial charge in [-0.05, 0) is 48.2 Å². The number of piperidine rings is 1. The summed E-state index contributed by atoms with van der Waals surface area (Å²) in [5.74, 6) is 0.916. The standard InChI is InChI=1S/C19H24N2O2.ClH/c1-13(19(22)21-9-7-17(20)8-10-21)14-3-4-16-12-18(23-2)6-5-15(16)11-14;/h3-6,11-13,17H,7-10,20H2,1-2H3;1H. The third-order valence-electron chi connectivity index (χ3n) is 4.79. The summed E-state index contributed by atoms with van der Waals surface area (Å²) in [7, 11) is 1.67. The van der Waals surface area contributed by atoms with E-state index < -0.39 is 0 Å². The number of nitrogens with zero attached hydrogens (tertiary/aromatic N) is 1. The predicted molar refractivity (Wildman–Crippen MR) is 100.0 cm³/mol. The highest BCUT2D eigenvalue weighted by Crippen LogP contribution is 2.26. The molecule has 0 spiro atoms. The maximum absolute atomic E-state index is 12.7. The molecule has 2 N–H and O–H groups in total. The van der Waals surface area contributed by atoms with Crippen molar-refractivity contribution in [2.75, 3.05) is 20.2 Å². The molecule has 1 atom stereocenters. The summed E-state index contributed by atoms with van der Waals surface area (Å²) in [6.07, 6.45) is 1.80. The van der Waals surface area contributed by atoms with Gasteiger partial charge in [-0.2, -0.15) is 0 Å². The van der Waals surface area contributed by atoms with E-state index in [1.165, 1.54) is 0 Å². The van der Waals surface area contributed by atoms with E-state index in [-0.39, 0.29) is 30.3 Å². The van der Waals surface area contributed by atoms with Crippen LogP contribution in [0.1, 0.15) is 31.2 Å². The Morgan fingerprint density at radius 1 is 1.17 bits per heavy atom. The molecule has 130 valence electrons. The molecule has 5 heteroatoms. The Hall–Kier alpha value is -1.78. The molecule has 2 aromatic rings. The Bertz CT molecular complexity index is 712. The maximum atomic E-state index is 12.7. The summed E-state index contributed by atoms with van der Waals surface area (Å²) in [5, 5.41) is 2.25. The number of ether oxygens (including phenoxy) is 1. The van der Waals surface area contributed by atoms with Crippen LogP contribution in [0, 0.1) is 0 Å². The summed E-state index contributed by atoms with van der Waals surface area (Å²) in [6, 6.07) is 12.4. The lowest BCUT2D eigenvalue weighted by Crippen LogP contribution is -2.44. The van der Waals surface area contributed by atoms with E-state index in [0.29, 0.717) is 0 Å². The molecular formula is C19H25ClN2O2. The molecule has 1 aliphatic rings. The number of carbonyl (C=O) groups is 1. The van der Waals surface area contributed by atoms with Gasteiger partial charge >= 0.3 is 0 Å². The fourth-order valence-corrected chi connectivity index (χ4v) is 3.17. The second-order valence-corrected chi connectivity index (χ2v) is 6.36. The minimum atomic E-state index is -0.129. The van der Waals surface area contributed by atoms with Crippen LogP contribution in [0.25, 0.3) is 10.8 Å². The van der Waals surface area contributed by atoms with Gasteiger partial charge in [-0.1, -0.05) is 24.3 Å². The minimum Gasteiger partial charge on any atom is -0.497 e. The van der Waals surface area contributed by atoms with Gasteiger partial charge in [-0.15, -0.1) is 12.4 Å². The van der Waals surface area contributed by atoms with Gasteiger partial charge < -0.3 is 15.4 Å². The summed E-state index contributed by atoms with van der Waals surface area (Å²) >= 11 is 0. The van der Waals surface area contributed by atoms with Crippen LogP contribution >= 0.6 is 12.4 Å². The zero-order valence-electron chi connectivity index (χ0n) is 14.2. The van der Waals surface area contributed by atoms with Gasteiger partial charge in [0.25, 0.3) is 0 Å². The van der Waals surface area contributed by atoms with E-state index in [1.807, 2.05) is 36.1 Å². The number of hydrogen-bond acceptors (Lipinski definition) is 3. The molecule has 4 nitrogen and oxygen atoms in total. The molecule has 0 aromatic heterocycles. The zero-order valence-corrected chi connectivity index (χ0v) is 15.0. The van der Waals surface area contributed by atoms with Gasteiger partial charge in [0, 0.05) is 19.1 Å². The van der Waals surface area contributed by atoms with Gasteiger partial charge in [-0.3, -0.25) is 4.79 Å². The number of amides is 1. The molecular weight excluding hydrogens is 324 g/mol. The number of nitrogens with two attached hydrogens (primary N) is 1. The summed E-state index contributed by atoms with van der Waals surface area (Å²) < 4.78 is 5.26. The van der Waals surface area contributed by atoms with Crippen LogP contribution in [0.3, 0.4) is 0 Å². The van der Waals surface area contributed by atoms with Crippen molar-refractivity contribution in [2.24, 2.45) is 5.73 Å². The number of halogens is 1. The molecule has 0 bridgehead atoms. The first-order valence-electron chi connectivity index (χ1n) is 8.20. The quantitative estimate of drug-likeness (QED) is 0.925. The molecule has 1 fully saturated rings. The van der Waals surface area contributed by atoms with E-state index in [1.54, 1.807) is 7.11 Å². The molecule has 3 rings (SSSR count). The van der Waals surface area contributed by atoms with Crippen LogP contribution in [0.5, 0.6) is 5.75 Å². The van der Waals surface area contributed by atoms with Crippen LogP contribution in [-0.2, 0) is 4.79 Å². The largest absolute Gasteiger partial charge is 0.497 e. The Labute approximate surface area is 149 Å². The number of hydrogen-bond donors (Lipinski definition) is 1. The van der Waals surface area contributed by atoms with Gasteiger partial charge in [-0.25, -0.2) is 0 Å². The summed E-state index contributed by atoms with van der Waals surface area (Å²) in [4.78, 5) is 14.7. The van der Waals surface area contributed by atoms with E-state index in [0.717, 1.165) is 48.0 Å². The van der Waals surface area contributed by atoms with Crippen molar-refractivity contribution in [3.05, 3.63) is 42.0 Å². The summed E-state index contributed by atoms with van der Waals surface area (Å²) in [5.41, 5.74) is 6.98. The van der Waals surface area contributed by atoms with Crippen LogP contribution in [0.15, 0.2) is 36.4 Å². The molecule has 1 heterocycles. The second-order valence-electron chi connectivity index (χ2n) is 6.36. The molecule has 0 aliphatic carbocycles. The third-order valence-corrected chi connectivity index (χ3v) is 4.79. The van der Waals surface area contributed by atoms with Gasteiger partial charge in [0.1, 0.15) is 5.75 Å².